The number of piperazine rings is 1. The maximum absolute atomic E-state index is 12.7. The number of hydrogen-bond acceptors (Lipinski definition) is 6. The summed E-state index contributed by atoms with van der Waals surface area (Å²) in [7, 11) is 1.52. The Morgan fingerprint density at radius 2 is 1.77 bits per heavy atom. The molecular weight excluding hydrogens is 336 g/mol. The maximum atomic E-state index is 12.7. The average Bonchev–Trinajstić information content (AvgIpc) is 2.68. The number of nitro benzene ring substituents is 1. The van der Waals surface area contributed by atoms with Crippen LogP contribution in [0.4, 0.5) is 17.1 Å². The fourth-order valence-electron chi connectivity index (χ4n) is 3.03. The van der Waals surface area contributed by atoms with Crippen LogP contribution in [-0.2, 0) is 0 Å². The van der Waals surface area contributed by atoms with Crippen molar-refractivity contribution in [3.63, 3.8) is 0 Å². The second-order valence-electron chi connectivity index (χ2n) is 5.97. The third-order valence-electron chi connectivity index (χ3n) is 4.51. The van der Waals surface area contributed by atoms with Crippen LogP contribution >= 0.6 is 0 Å². The van der Waals surface area contributed by atoms with Crippen molar-refractivity contribution >= 4 is 23.0 Å². The number of ether oxygens (including phenoxy) is 1. The first-order valence-corrected chi connectivity index (χ1v) is 8.22. The van der Waals surface area contributed by atoms with E-state index in [-0.39, 0.29) is 11.6 Å². The van der Waals surface area contributed by atoms with E-state index in [2.05, 4.69) is 4.90 Å². The Morgan fingerprint density at radius 1 is 1.12 bits per heavy atom. The molecule has 0 aromatic heterocycles. The summed E-state index contributed by atoms with van der Waals surface area (Å²) in [4.78, 5) is 26.9. The Labute approximate surface area is 150 Å². The van der Waals surface area contributed by atoms with Crippen molar-refractivity contribution in [2.45, 2.75) is 0 Å². The SMILES string of the molecule is COc1cccc(C(=O)N2CCN(c3ccc([N+](=O)[O-])cc3)CC2)c1N. The quantitative estimate of drug-likeness (QED) is 0.512. The van der Waals surface area contributed by atoms with E-state index in [0.717, 1.165) is 5.69 Å². The fourth-order valence-corrected chi connectivity index (χ4v) is 3.03. The summed E-state index contributed by atoms with van der Waals surface area (Å²) in [5.74, 6) is 0.366. The number of hydrogen-bond donors (Lipinski definition) is 1. The van der Waals surface area contributed by atoms with Gasteiger partial charge in [0, 0.05) is 44.0 Å². The van der Waals surface area contributed by atoms with E-state index in [4.69, 9.17) is 10.5 Å². The number of benzene rings is 2. The smallest absolute Gasteiger partial charge is 0.269 e. The third-order valence-corrected chi connectivity index (χ3v) is 4.51. The summed E-state index contributed by atoms with van der Waals surface area (Å²) in [6.07, 6.45) is 0. The van der Waals surface area contributed by atoms with Gasteiger partial charge in [-0.25, -0.2) is 0 Å². The van der Waals surface area contributed by atoms with Crippen LogP contribution in [0.2, 0.25) is 0 Å². The van der Waals surface area contributed by atoms with Gasteiger partial charge in [0.15, 0.2) is 0 Å². The summed E-state index contributed by atoms with van der Waals surface area (Å²) >= 11 is 0. The number of para-hydroxylation sites is 1. The van der Waals surface area contributed by atoms with Crippen molar-refractivity contribution in [3.8, 4) is 5.75 Å². The summed E-state index contributed by atoms with van der Waals surface area (Å²) in [6, 6.07) is 11.6. The lowest BCUT2D eigenvalue weighted by Crippen LogP contribution is -2.48. The van der Waals surface area contributed by atoms with E-state index < -0.39 is 4.92 Å². The lowest BCUT2D eigenvalue weighted by Gasteiger charge is -2.36. The average molecular weight is 356 g/mol. The van der Waals surface area contributed by atoms with Gasteiger partial charge in [0.1, 0.15) is 5.75 Å². The minimum atomic E-state index is -0.418. The molecule has 3 rings (SSSR count). The molecule has 0 spiro atoms. The number of methoxy groups -OCH3 is 1. The first-order chi connectivity index (χ1) is 12.5. The predicted octanol–water partition coefficient (Wildman–Crippen LogP) is 2.15. The van der Waals surface area contributed by atoms with Crippen LogP contribution in [0, 0.1) is 10.1 Å². The van der Waals surface area contributed by atoms with Crippen molar-refractivity contribution in [1.29, 1.82) is 0 Å². The van der Waals surface area contributed by atoms with E-state index >= 15 is 0 Å². The van der Waals surface area contributed by atoms with Gasteiger partial charge in [0.05, 0.1) is 23.3 Å². The highest BCUT2D eigenvalue weighted by Crippen LogP contribution is 2.27. The normalized spacial score (nSPS) is 14.2. The number of nitrogen functional groups attached to an aromatic ring is 1. The molecule has 1 heterocycles. The lowest BCUT2D eigenvalue weighted by atomic mass is 10.1. The van der Waals surface area contributed by atoms with Crippen LogP contribution in [0.1, 0.15) is 10.4 Å². The third kappa shape index (κ3) is 3.39. The molecule has 2 aromatic rings. The van der Waals surface area contributed by atoms with Crippen molar-refractivity contribution in [2.75, 3.05) is 43.9 Å². The van der Waals surface area contributed by atoms with Crippen LogP contribution in [0.15, 0.2) is 42.5 Å². The summed E-state index contributed by atoms with van der Waals surface area (Å²) in [6.45, 7) is 2.39. The molecule has 1 aliphatic rings. The van der Waals surface area contributed by atoms with E-state index in [9.17, 15) is 14.9 Å². The highest BCUT2D eigenvalue weighted by Gasteiger charge is 2.24. The molecule has 8 heteroatoms. The van der Waals surface area contributed by atoms with Gasteiger partial charge >= 0.3 is 0 Å². The minimum absolute atomic E-state index is 0.0658. The van der Waals surface area contributed by atoms with E-state index in [0.29, 0.717) is 43.2 Å². The lowest BCUT2D eigenvalue weighted by molar-refractivity contribution is -0.384. The molecule has 1 saturated heterocycles. The predicted molar refractivity (Wildman–Crippen MR) is 98.6 cm³/mol. The minimum Gasteiger partial charge on any atom is -0.495 e. The Morgan fingerprint density at radius 3 is 2.35 bits per heavy atom. The van der Waals surface area contributed by atoms with Crippen LogP contribution in [0.3, 0.4) is 0 Å². The molecule has 2 aromatic carbocycles. The molecule has 136 valence electrons. The largest absolute Gasteiger partial charge is 0.495 e. The summed E-state index contributed by atoms with van der Waals surface area (Å²) in [5, 5.41) is 10.7. The Kier molecular flexibility index (Phi) is 4.92. The number of amides is 1. The van der Waals surface area contributed by atoms with Crippen LogP contribution < -0.4 is 15.4 Å². The fraction of sp³-hybridized carbons (Fsp3) is 0.278. The Balaban J connectivity index is 1.66. The van der Waals surface area contributed by atoms with Crippen molar-refractivity contribution in [3.05, 3.63) is 58.1 Å². The van der Waals surface area contributed by atoms with Crippen molar-refractivity contribution in [2.24, 2.45) is 0 Å². The molecule has 0 bridgehead atoms. The second-order valence-corrected chi connectivity index (χ2v) is 5.97. The van der Waals surface area contributed by atoms with Gasteiger partial charge in [-0.05, 0) is 24.3 Å². The Hall–Kier alpha value is -3.29. The number of anilines is 2. The molecule has 0 unspecified atom stereocenters. The van der Waals surface area contributed by atoms with Gasteiger partial charge < -0.3 is 20.3 Å². The van der Waals surface area contributed by atoms with E-state index in [1.165, 1.54) is 19.2 Å². The molecule has 1 amide bonds. The second kappa shape index (κ2) is 7.30. The van der Waals surface area contributed by atoms with Gasteiger partial charge in [-0.1, -0.05) is 6.07 Å². The molecule has 1 aliphatic heterocycles. The van der Waals surface area contributed by atoms with Crippen molar-refractivity contribution in [1.82, 2.24) is 4.90 Å². The Bertz CT molecular complexity index is 814. The van der Waals surface area contributed by atoms with Gasteiger partial charge in [0.2, 0.25) is 0 Å². The molecule has 0 saturated carbocycles. The molecule has 2 N–H and O–H groups in total. The number of nitrogens with two attached hydrogens (primary N) is 1. The van der Waals surface area contributed by atoms with E-state index in [1.807, 2.05) is 0 Å². The van der Waals surface area contributed by atoms with Gasteiger partial charge in [-0.2, -0.15) is 0 Å². The van der Waals surface area contributed by atoms with Gasteiger partial charge in [-0.15, -0.1) is 0 Å². The number of carbonyl (C=O) groups is 1. The first kappa shape index (κ1) is 17.5. The molecule has 1 fully saturated rings. The highest BCUT2D eigenvalue weighted by molar-refractivity contribution is 6.00. The standard InChI is InChI=1S/C18H20N4O4/c1-26-16-4-2-3-15(17(16)19)18(23)21-11-9-20(10-12-21)13-5-7-14(8-6-13)22(24)25/h2-8H,9-12,19H2,1H3. The molecule has 0 atom stereocenters. The number of carbonyl (C=O) groups excluding carboxylic acids is 1. The van der Waals surface area contributed by atoms with Crippen LogP contribution in [0.5, 0.6) is 5.75 Å². The topological polar surface area (TPSA) is 102 Å². The van der Waals surface area contributed by atoms with Gasteiger partial charge in [-0.3, -0.25) is 14.9 Å². The zero-order valence-electron chi connectivity index (χ0n) is 14.4. The van der Waals surface area contributed by atoms with Crippen LogP contribution in [0.25, 0.3) is 0 Å². The summed E-state index contributed by atoms with van der Waals surface area (Å²) < 4.78 is 5.17. The molecule has 0 aliphatic carbocycles. The van der Waals surface area contributed by atoms with Crippen LogP contribution in [-0.4, -0.2) is 49.0 Å². The van der Waals surface area contributed by atoms with E-state index in [1.54, 1.807) is 35.2 Å². The van der Waals surface area contributed by atoms with Gasteiger partial charge in [0.25, 0.3) is 11.6 Å². The van der Waals surface area contributed by atoms with Crippen molar-refractivity contribution < 1.29 is 14.5 Å². The first-order valence-electron chi connectivity index (χ1n) is 8.22. The maximum Gasteiger partial charge on any atom is 0.269 e. The number of nitrogens with zero attached hydrogens (tertiary/aromatic N) is 3. The molecule has 0 radical (unpaired) electrons. The monoisotopic (exact) mass is 356 g/mol. The number of nitro groups is 1. The summed E-state index contributed by atoms with van der Waals surface area (Å²) in [5.41, 5.74) is 7.78. The highest BCUT2D eigenvalue weighted by atomic mass is 16.6. The molecular formula is C18H20N4O4. The zero-order chi connectivity index (χ0) is 18.7. The zero-order valence-corrected chi connectivity index (χ0v) is 14.4. The molecule has 8 nitrogen and oxygen atoms in total. The number of non-ortho nitro benzene ring substituents is 1. The number of rotatable bonds is 4. The molecule has 26 heavy (non-hydrogen) atoms.